The van der Waals surface area contributed by atoms with E-state index in [1.54, 1.807) is 17.5 Å². The van der Waals surface area contributed by atoms with Gasteiger partial charge in [-0.05, 0) is 0 Å². The van der Waals surface area contributed by atoms with E-state index in [1.807, 2.05) is 0 Å². The third kappa shape index (κ3) is 9.96. The topological polar surface area (TPSA) is 0 Å². The first-order chi connectivity index (χ1) is 8.24. The second kappa shape index (κ2) is 14.5. The van der Waals surface area contributed by atoms with Gasteiger partial charge in [-0.1, -0.05) is 0 Å². The Labute approximate surface area is 127 Å². The zero-order valence-corrected chi connectivity index (χ0v) is 17.1. The van der Waals surface area contributed by atoms with Gasteiger partial charge in [0.05, 0.1) is 0 Å². The fraction of sp³-hybridized carbons (Fsp3) is 1.00. The first-order valence-corrected chi connectivity index (χ1v) is 16.3. The van der Waals surface area contributed by atoms with Crippen molar-refractivity contribution in [3.63, 3.8) is 0 Å². The SMILES string of the molecule is CCC[CH2][SbH]([CH2]CCC)([CH2]CCC)[CH2]CCC.Cl. The summed E-state index contributed by atoms with van der Waals surface area (Å²) in [5, 5.41) is 0. The smallest absolute Gasteiger partial charge is 0.147 e. The van der Waals surface area contributed by atoms with Crippen LogP contribution >= 0.6 is 12.4 Å². The minimum absolute atomic E-state index is 0. The van der Waals surface area contributed by atoms with Crippen LogP contribution in [-0.4, -0.2) is 18.8 Å². The molecule has 0 saturated carbocycles. The summed E-state index contributed by atoms with van der Waals surface area (Å²) in [6.45, 7) is 9.48. The summed E-state index contributed by atoms with van der Waals surface area (Å²) < 4.78 is 6.80. The average Bonchev–Trinajstić information content (AvgIpc) is 2.37. The molecule has 0 unspecified atom stereocenters. The van der Waals surface area contributed by atoms with E-state index in [-0.39, 0.29) is 12.4 Å². The number of hydrogen-bond donors (Lipinski definition) is 0. The van der Waals surface area contributed by atoms with Crippen LogP contribution in [0.25, 0.3) is 0 Å². The molecule has 0 heterocycles. The van der Waals surface area contributed by atoms with Crippen LogP contribution in [0.15, 0.2) is 0 Å². The normalized spacial score (nSPS) is 12.2. The number of hydrogen-bond acceptors (Lipinski definition) is 0. The van der Waals surface area contributed by atoms with Crippen LogP contribution in [0.2, 0.25) is 17.5 Å². The predicted molar refractivity (Wildman–Crippen MR) is 93.3 cm³/mol. The van der Waals surface area contributed by atoms with E-state index >= 15 is 0 Å². The van der Waals surface area contributed by atoms with Gasteiger partial charge in [0, 0.05) is 0 Å². The molecule has 0 aliphatic carbocycles. The van der Waals surface area contributed by atoms with E-state index in [4.69, 9.17) is 0 Å². The molecule has 0 bridgehead atoms. The fourth-order valence-corrected chi connectivity index (χ4v) is 19.8. The van der Waals surface area contributed by atoms with E-state index in [0.717, 1.165) is 0 Å². The Bertz CT molecular complexity index is 122. The summed E-state index contributed by atoms with van der Waals surface area (Å²) in [5.41, 5.74) is 0. The molecular weight excluding hydrogens is 349 g/mol. The first-order valence-electron chi connectivity index (χ1n) is 8.24. The van der Waals surface area contributed by atoms with Crippen LogP contribution in [0.5, 0.6) is 0 Å². The Morgan fingerprint density at radius 3 is 0.889 bits per heavy atom. The maximum absolute atomic E-state index is 2.37. The molecule has 0 spiro atoms. The largest absolute Gasteiger partial charge is 0.147 e. The monoisotopic (exact) mass is 386 g/mol. The molecule has 0 rings (SSSR count). The molecule has 0 radical (unpaired) electrons. The van der Waals surface area contributed by atoms with Crippen LogP contribution in [0.3, 0.4) is 0 Å². The second-order valence-corrected chi connectivity index (χ2v) is 20.2. The molecular formula is C16H38ClSb. The molecule has 0 amide bonds. The molecule has 0 nitrogen and oxygen atoms in total. The Morgan fingerprint density at radius 2 is 0.722 bits per heavy atom. The van der Waals surface area contributed by atoms with Crippen LogP contribution in [0.4, 0.5) is 0 Å². The minimum atomic E-state index is -1.69. The van der Waals surface area contributed by atoms with Gasteiger partial charge >= 0.3 is 115 Å². The predicted octanol–water partition coefficient (Wildman–Crippen LogP) is 6.79. The van der Waals surface area contributed by atoms with Gasteiger partial charge in [-0.2, -0.15) is 0 Å². The quantitative estimate of drug-likeness (QED) is 0.323. The maximum atomic E-state index is 2.37. The molecule has 114 valence electrons. The average molecular weight is 388 g/mol. The molecule has 0 aliphatic heterocycles. The van der Waals surface area contributed by atoms with Gasteiger partial charge in [-0.3, -0.25) is 0 Å². The molecule has 0 fully saturated rings. The van der Waals surface area contributed by atoms with Gasteiger partial charge < -0.3 is 0 Å². The van der Waals surface area contributed by atoms with Crippen LogP contribution in [0, 0.1) is 0 Å². The van der Waals surface area contributed by atoms with Gasteiger partial charge in [0.1, 0.15) is 0 Å². The Balaban J connectivity index is 0. The van der Waals surface area contributed by atoms with Crippen molar-refractivity contribution in [3.05, 3.63) is 0 Å². The van der Waals surface area contributed by atoms with Crippen LogP contribution in [-0.2, 0) is 0 Å². The van der Waals surface area contributed by atoms with Crippen molar-refractivity contribution in [2.75, 3.05) is 0 Å². The van der Waals surface area contributed by atoms with Gasteiger partial charge in [-0.25, -0.2) is 0 Å². The number of rotatable bonds is 12. The van der Waals surface area contributed by atoms with Crippen molar-refractivity contribution in [1.29, 1.82) is 0 Å². The molecule has 0 aromatic heterocycles. The zero-order chi connectivity index (χ0) is 13.0. The molecule has 0 aliphatic rings. The summed E-state index contributed by atoms with van der Waals surface area (Å²) in [6.07, 6.45) is 11.8. The molecule has 0 N–H and O–H groups in total. The van der Waals surface area contributed by atoms with E-state index < -0.39 is 18.8 Å². The van der Waals surface area contributed by atoms with E-state index in [2.05, 4.69) is 27.7 Å². The molecule has 0 atom stereocenters. The summed E-state index contributed by atoms with van der Waals surface area (Å²) in [6, 6.07) is 0. The molecule has 18 heavy (non-hydrogen) atoms. The minimum Gasteiger partial charge on any atom is -0.147 e. The third-order valence-corrected chi connectivity index (χ3v) is 20.4. The van der Waals surface area contributed by atoms with Crippen molar-refractivity contribution >= 4 is 31.2 Å². The van der Waals surface area contributed by atoms with Crippen molar-refractivity contribution < 1.29 is 0 Å². The summed E-state index contributed by atoms with van der Waals surface area (Å²) >= 11 is -1.69. The first kappa shape index (κ1) is 21.4. The van der Waals surface area contributed by atoms with Crippen molar-refractivity contribution in [1.82, 2.24) is 0 Å². The number of halogens is 1. The third-order valence-electron chi connectivity index (χ3n) is 4.24. The fourth-order valence-electron chi connectivity index (χ4n) is 2.96. The van der Waals surface area contributed by atoms with E-state index in [0.29, 0.717) is 0 Å². The van der Waals surface area contributed by atoms with E-state index in [1.165, 1.54) is 51.4 Å². The van der Waals surface area contributed by atoms with Gasteiger partial charge in [0.2, 0.25) is 0 Å². The second-order valence-electron chi connectivity index (χ2n) is 5.91. The van der Waals surface area contributed by atoms with Gasteiger partial charge in [0.15, 0.2) is 0 Å². The van der Waals surface area contributed by atoms with Gasteiger partial charge in [0.25, 0.3) is 0 Å². The van der Waals surface area contributed by atoms with Gasteiger partial charge in [-0.15, -0.1) is 12.4 Å². The summed E-state index contributed by atoms with van der Waals surface area (Å²) in [4.78, 5) is 0. The summed E-state index contributed by atoms with van der Waals surface area (Å²) in [7, 11) is 0. The molecule has 0 aromatic carbocycles. The Hall–Kier alpha value is 1.11. The van der Waals surface area contributed by atoms with Crippen molar-refractivity contribution in [2.24, 2.45) is 0 Å². The van der Waals surface area contributed by atoms with Crippen molar-refractivity contribution in [2.45, 2.75) is 96.5 Å². The Kier molecular flexibility index (Phi) is 17.3. The standard InChI is InChI=1S/4C4H9.ClH.Sb.H/c4*1-3-4-2;;;/h4*1,3-4H2,2H3;1H;;. The Morgan fingerprint density at radius 1 is 0.500 bits per heavy atom. The van der Waals surface area contributed by atoms with E-state index in [9.17, 15) is 0 Å². The zero-order valence-electron chi connectivity index (χ0n) is 13.4. The summed E-state index contributed by atoms with van der Waals surface area (Å²) in [5.74, 6) is 0. The molecule has 0 aromatic rings. The van der Waals surface area contributed by atoms with Crippen molar-refractivity contribution in [3.8, 4) is 0 Å². The van der Waals surface area contributed by atoms with Crippen LogP contribution < -0.4 is 0 Å². The maximum Gasteiger partial charge on any atom is -0.147 e. The number of unbranched alkanes of at least 4 members (excludes halogenated alkanes) is 4. The molecule has 0 saturated heterocycles. The van der Waals surface area contributed by atoms with Crippen LogP contribution in [0.1, 0.15) is 79.1 Å². The molecule has 2 heteroatoms.